The zero-order chi connectivity index (χ0) is 12.3. The smallest absolute Gasteiger partial charge is 0.256 e. The minimum Gasteiger partial charge on any atom is -0.436 e. The Kier molecular flexibility index (Phi) is 3.71. The van der Waals surface area contributed by atoms with Crippen LogP contribution < -0.4 is 4.74 Å². The highest BCUT2D eigenvalue weighted by molar-refractivity contribution is 9.10. The van der Waals surface area contributed by atoms with Crippen molar-refractivity contribution in [1.29, 1.82) is 0 Å². The molecule has 0 saturated carbocycles. The summed E-state index contributed by atoms with van der Waals surface area (Å²) in [6, 6.07) is 8.35. The number of hydrogen-bond acceptors (Lipinski definition) is 3. The number of nitrogens with zero attached hydrogens (tertiary/aromatic N) is 1. The molecule has 0 atom stereocenters. The lowest BCUT2D eigenvalue weighted by Crippen LogP contribution is -1.97. The minimum atomic E-state index is -0.641. The molecule has 0 bridgehead atoms. The van der Waals surface area contributed by atoms with E-state index in [1.165, 1.54) is 12.3 Å². The van der Waals surface area contributed by atoms with E-state index in [4.69, 9.17) is 9.84 Å². The largest absolute Gasteiger partial charge is 0.436 e. The Morgan fingerprint density at radius 3 is 2.59 bits per heavy atom. The van der Waals surface area contributed by atoms with E-state index in [2.05, 4.69) is 20.9 Å². The molecule has 0 saturated heterocycles. The summed E-state index contributed by atoms with van der Waals surface area (Å²) in [5.74, 6) is -0.300. The van der Waals surface area contributed by atoms with E-state index in [9.17, 15) is 4.39 Å². The summed E-state index contributed by atoms with van der Waals surface area (Å²) in [4.78, 5) is 3.78. The molecule has 5 heteroatoms. The van der Waals surface area contributed by atoms with E-state index >= 15 is 0 Å². The van der Waals surface area contributed by atoms with E-state index in [-0.39, 0.29) is 18.1 Å². The summed E-state index contributed by atoms with van der Waals surface area (Å²) in [6.07, 6.45) is 1.39. The molecule has 88 valence electrons. The van der Waals surface area contributed by atoms with Crippen molar-refractivity contribution < 1.29 is 14.2 Å². The van der Waals surface area contributed by atoms with Crippen LogP contribution in [0.2, 0.25) is 0 Å². The summed E-state index contributed by atoms with van der Waals surface area (Å²) in [7, 11) is 0. The zero-order valence-electron chi connectivity index (χ0n) is 8.73. The molecule has 3 nitrogen and oxygen atoms in total. The summed E-state index contributed by atoms with van der Waals surface area (Å²) in [5.41, 5.74) is 0.159. The molecule has 1 aromatic carbocycles. The fourth-order valence-electron chi connectivity index (χ4n) is 1.27. The van der Waals surface area contributed by atoms with Gasteiger partial charge in [-0.1, -0.05) is 15.9 Å². The standard InChI is InChI=1S/C12H9BrFNO2/c13-9-1-3-10(4-2-9)17-12-11(14)8(7-16)5-6-15-12/h1-6,16H,7H2. The lowest BCUT2D eigenvalue weighted by Gasteiger charge is -2.07. The van der Waals surface area contributed by atoms with Crippen LogP contribution in [0.4, 0.5) is 4.39 Å². The number of aromatic nitrogens is 1. The summed E-state index contributed by atoms with van der Waals surface area (Å²) in [6.45, 7) is -0.384. The number of halogens is 2. The van der Waals surface area contributed by atoms with Gasteiger partial charge in [-0.25, -0.2) is 9.37 Å². The first-order valence-electron chi connectivity index (χ1n) is 4.88. The molecule has 2 rings (SSSR count). The van der Waals surface area contributed by atoms with Gasteiger partial charge < -0.3 is 9.84 Å². The van der Waals surface area contributed by atoms with Gasteiger partial charge in [-0.05, 0) is 30.3 Å². The predicted molar refractivity (Wildman–Crippen MR) is 64.3 cm³/mol. The van der Waals surface area contributed by atoms with Gasteiger partial charge in [0.15, 0.2) is 5.82 Å². The molecular weight excluding hydrogens is 289 g/mol. The highest BCUT2D eigenvalue weighted by Gasteiger charge is 2.10. The normalized spacial score (nSPS) is 10.3. The first-order valence-corrected chi connectivity index (χ1v) is 5.67. The van der Waals surface area contributed by atoms with Gasteiger partial charge in [0, 0.05) is 16.2 Å². The van der Waals surface area contributed by atoms with Gasteiger partial charge in [-0.15, -0.1) is 0 Å². The Morgan fingerprint density at radius 2 is 1.94 bits per heavy atom. The second-order valence-corrected chi connectivity index (χ2v) is 4.22. The van der Waals surface area contributed by atoms with Gasteiger partial charge in [0.05, 0.1) is 6.61 Å². The second-order valence-electron chi connectivity index (χ2n) is 3.30. The summed E-state index contributed by atoms with van der Waals surface area (Å²) in [5, 5.41) is 8.92. The van der Waals surface area contributed by atoms with Crippen LogP contribution in [0, 0.1) is 5.82 Å². The number of aliphatic hydroxyl groups excluding tert-OH is 1. The average molecular weight is 298 g/mol. The number of rotatable bonds is 3. The van der Waals surface area contributed by atoms with Gasteiger partial charge in [0.2, 0.25) is 0 Å². The molecule has 0 amide bonds. The number of pyridine rings is 1. The van der Waals surface area contributed by atoms with E-state index < -0.39 is 5.82 Å². The van der Waals surface area contributed by atoms with Crippen LogP contribution in [0.5, 0.6) is 11.6 Å². The molecule has 0 aliphatic carbocycles. The van der Waals surface area contributed by atoms with Crippen LogP contribution >= 0.6 is 15.9 Å². The predicted octanol–water partition coefficient (Wildman–Crippen LogP) is 3.27. The Balaban J connectivity index is 2.27. The van der Waals surface area contributed by atoms with Crippen molar-refractivity contribution in [1.82, 2.24) is 4.98 Å². The van der Waals surface area contributed by atoms with Crippen molar-refractivity contribution >= 4 is 15.9 Å². The Hall–Kier alpha value is -1.46. The molecule has 1 N–H and O–H groups in total. The highest BCUT2D eigenvalue weighted by Crippen LogP contribution is 2.25. The second kappa shape index (κ2) is 5.25. The molecule has 17 heavy (non-hydrogen) atoms. The first-order chi connectivity index (χ1) is 8.20. The highest BCUT2D eigenvalue weighted by atomic mass is 79.9. The van der Waals surface area contributed by atoms with Gasteiger partial charge >= 0.3 is 0 Å². The van der Waals surface area contributed by atoms with Crippen LogP contribution in [0.3, 0.4) is 0 Å². The number of hydrogen-bond donors (Lipinski definition) is 1. The fourth-order valence-corrected chi connectivity index (χ4v) is 1.53. The third kappa shape index (κ3) is 2.81. The topological polar surface area (TPSA) is 42.4 Å². The molecule has 0 spiro atoms. The minimum absolute atomic E-state index is 0.140. The monoisotopic (exact) mass is 297 g/mol. The van der Waals surface area contributed by atoms with E-state index in [1.54, 1.807) is 24.3 Å². The van der Waals surface area contributed by atoms with Crippen LogP contribution in [-0.2, 0) is 6.61 Å². The Bertz CT molecular complexity index is 516. The zero-order valence-corrected chi connectivity index (χ0v) is 10.3. The molecule has 2 aromatic rings. The van der Waals surface area contributed by atoms with Crippen LogP contribution in [0.15, 0.2) is 41.0 Å². The van der Waals surface area contributed by atoms with Crippen molar-refractivity contribution in [3.05, 3.63) is 52.4 Å². The molecule has 0 aliphatic heterocycles. The molecule has 0 radical (unpaired) electrons. The maximum Gasteiger partial charge on any atom is 0.256 e. The van der Waals surface area contributed by atoms with Crippen LogP contribution in [-0.4, -0.2) is 10.1 Å². The number of ether oxygens (including phenoxy) is 1. The third-order valence-corrected chi connectivity index (χ3v) is 2.66. The summed E-state index contributed by atoms with van der Waals surface area (Å²) < 4.78 is 19.9. The van der Waals surface area contributed by atoms with Gasteiger partial charge in [0.1, 0.15) is 5.75 Å². The van der Waals surface area contributed by atoms with Crippen molar-refractivity contribution in [3.8, 4) is 11.6 Å². The number of benzene rings is 1. The lowest BCUT2D eigenvalue weighted by atomic mass is 10.2. The van der Waals surface area contributed by atoms with Crippen LogP contribution in [0.1, 0.15) is 5.56 Å². The SMILES string of the molecule is OCc1ccnc(Oc2ccc(Br)cc2)c1F. The first kappa shape index (κ1) is 12.0. The van der Waals surface area contributed by atoms with E-state index in [1.807, 2.05) is 0 Å². The van der Waals surface area contributed by atoms with Crippen molar-refractivity contribution in [3.63, 3.8) is 0 Å². The van der Waals surface area contributed by atoms with Crippen molar-refractivity contribution in [2.75, 3.05) is 0 Å². The van der Waals surface area contributed by atoms with Gasteiger partial charge in [-0.2, -0.15) is 0 Å². The Labute approximate surface area is 106 Å². The van der Waals surface area contributed by atoms with Crippen molar-refractivity contribution in [2.45, 2.75) is 6.61 Å². The maximum atomic E-state index is 13.7. The third-order valence-electron chi connectivity index (χ3n) is 2.14. The fraction of sp³-hybridized carbons (Fsp3) is 0.0833. The molecule has 0 aliphatic rings. The van der Waals surface area contributed by atoms with Gasteiger partial charge in [0.25, 0.3) is 5.88 Å². The molecular formula is C12H9BrFNO2. The summed E-state index contributed by atoms with van der Waals surface area (Å²) >= 11 is 3.29. The molecule has 0 fully saturated rings. The molecule has 1 heterocycles. The maximum absolute atomic E-state index is 13.7. The Morgan fingerprint density at radius 1 is 1.24 bits per heavy atom. The van der Waals surface area contributed by atoms with E-state index in [0.29, 0.717) is 5.75 Å². The van der Waals surface area contributed by atoms with E-state index in [0.717, 1.165) is 4.47 Å². The molecule has 0 unspecified atom stereocenters. The average Bonchev–Trinajstić information content (AvgIpc) is 2.35. The van der Waals surface area contributed by atoms with Crippen molar-refractivity contribution in [2.24, 2.45) is 0 Å². The van der Waals surface area contributed by atoms with Gasteiger partial charge in [-0.3, -0.25) is 0 Å². The lowest BCUT2D eigenvalue weighted by molar-refractivity contribution is 0.273. The quantitative estimate of drug-likeness (QED) is 0.945. The van der Waals surface area contributed by atoms with Crippen LogP contribution in [0.25, 0.3) is 0 Å². The molecule has 1 aromatic heterocycles. The number of aliphatic hydroxyl groups is 1.